The van der Waals surface area contributed by atoms with Crippen LogP contribution in [0.4, 0.5) is 0 Å². The molecule has 1 N–H and O–H groups in total. The Hall–Kier alpha value is -0.0400. The molecule has 4 unspecified atom stereocenters. The highest BCUT2D eigenvalue weighted by molar-refractivity contribution is 4.96. The molecular weight excluding hydrogens is 158 g/mol. The SMILES string of the molecule is C1CNC2C(C1)CCC1CCCC12. The number of nitrogens with one attached hydrogen (secondary N) is 1. The predicted molar refractivity (Wildman–Crippen MR) is 54.6 cm³/mol. The van der Waals surface area contributed by atoms with E-state index in [-0.39, 0.29) is 0 Å². The Kier molecular flexibility index (Phi) is 2.08. The summed E-state index contributed by atoms with van der Waals surface area (Å²) >= 11 is 0. The van der Waals surface area contributed by atoms with Gasteiger partial charge in [0, 0.05) is 6.04 Å². The lowest BCUT2D eigenvalue weighted by atomic mass is 9.69. The molecule has 0 amide bonds. The van der Waals surface area contributed by atoms with Crippen LogP contribution in [0.15, 0.2) is 0 Å². The smallest absolute Gasteiger partial charge is 0.0126 e. The van der Waals surface area contributed by atoms with Gasteiger partial charge < -0.3 is 5.32 Å². The summed E-state index contributed by atoms with van der Waals surface area (Å²) in [6, 6.07) is 0.926. The van der Waals surface area contributed by atoms with Crippen LogP contribution in [0.2, 0.25) is 0 Å². The Labute approximate surface area is 81.3 Å². The van der Waals surface area contributed by atoms with Gasteiger partial charge >= 0.3 is 0 Å². The van der Waals surface area contributed by atoms with Gasteiger partial charge in [-0.25, -0.2) is 0 Å². The summed E-state index contributed by atoms with van der Waals surface area (Å²) in [4.78, 5) is 0. The van der Waals surface area contributed by atoms with Gasteiger partial charge in [-0.05, 0) is 56.4 Å². The molecule has 0 aromatic heterocycles. The van der Waals surface area contributed by atoms with Crippen molar-refractivity contribution < 1.29 is 0 Å². The summed E-state index contributed by atoms with van der Waals surface area (Å²) in [5.74, 6) is 3.22. The van der Waals surface area contributed by atoms with Gasteiger partial charge in [0.2, 0.25) is 0 Å². The van der Waals surface area contributed by atoms with Crippen molar-refractivity contribution in [3.05, 3.63) is 0 Å². The quantitative estimate of drug-likeness (QED) is 0.602. The molecule has 1 heteroatoms. The molecule has 0 bridgehead atoms. The molecule has 74 valence electrons. The maximum Gasteiger partial charge on any atom is 0.0126 e. The molecule has 3 aliphatic rings. The molecule has 3 rings (SSSR count). The minimum atomic E-state index is 0.926. The lowest BCUT2D eigenvalue weighted by molar-refractivity contribution is 0.112. The van der Waals surface area contributed by atoms with Crippen molar-refractivity contribution in [2.75, 3.05) is 6.54 Å². The lowest BCUT2D eigenvalue weighted by Gasteiger charge is -2.43. The maximum absolute atomic E-state index is 3.79. The van der Waals surface area contributed by atoms with Crippen LogP contribution in [0.5, 0.6) is 0 Å². The minimum absolute atomic E-state index is 0.926. The summed E-state index contributed by atoms with van der Waals surface area (Å²) in [6.07, 6.45) is 10.6. The largest absolute Gasteiger partial charge is 0.313 e. The number of hydrogen-bond acceptors (Lipinski definition) is 1. The highest BCUT2D eigenvalue weighted by Crippen LogP contribution is 2.46. The third kappa shape index (κ3) is 1.32. The van der Waals surface area contributed by atoms with Crippen LogP contribution < -0.4 is 5.32 Å². The van der Waals surface area contributed by atoms with Crippen molar-refractivity contribution in [2.45, 2.75) is 51.0 Å². The van der Waals surface area contributed by atoms with E-state index in [1.807, 2.05) is 0 Å². The van der Waals surface area contributed by atoms with Gasteiger partial charge in [-0.2, -0.15) is 0 Å². The molecule has 2 saturated carbocycles. The monoisotopic (exact) mass is 179 g/mol. The zero-order valence-electron chi connectivity index (χ0n) is 8.47. The molecule has 1 nitrogen and oxygen atoms in total. The van der Waals surface area contributed by atoms with Gasteiger partial charge in [0.25, 0.3) is 0 Å². The Balaban J connectivity index is 1.77. The number of piperidine rings is 1. The van der Waals surface area contributed by atoms with E-state index in [9.17, 15) is 0 Å². The number of fused-ring (bicyclic) bond motifs is 3. The highest BCUT2D eigenvalue weighted by atomic mass is 14.9. The molecule has 13 heavy (non-hydrogen) atoms. The fourth-order valence-electron chi connectivity index (χ4n) is 4.13. The van der Waals surface area contributed by atoms with E-state index >= 15 is 0 Å². The van der Waals surface area contributed by atoms with Gasteiger partial charge in [0.05, 0.1) is 0 Å². The van der Waals surface area contributed by atoms with Crippen molar-refractivity contribution in [3.8, 4) is 0 Å². The Morgan fingerprint density at radius 1 is 0.769 bits per heavy atom. The van der Waals surface area contributed by atoms with Crippen LogP contribution in [0, 0.1) is 17.8 Å². The van der Waals surface area contributed by atoms with E-state index in [2.05, 4.69) is 5.32 Å². The van der Waals surface area contributed by atoms with E-state index < -0.39 is 0 Å². The first kappa shape index (κ1) is 8.28. The van der Waals surface area contributed by atoms with Crippen molar-refractivity contribution in [1.82, 2.24) is 5.32 Å². The van der Waals surface area contributed by atoms with E-state index in [0.29, 0.717) is 0 Å². The maximum atomic E-state index is 3.79. The molecule has 0 radical (unpaired) electrons. The average molecular weight is 179 g/mol. The molecule has 3 fully saturated rings. The Morgan fingerprint density at radius 2 is 1.62 bits per heavy atom. The first-order chi connectivity index (χ1) is 6.45. The Bertz CT molecular complexity index is 190. The van der Waals surface area contributed by atoms with E-state index in [1.54, 1.807) is 6.42 Å². The molecule has 1 heterocycles. The number of hydrogen-bond donors (Lipinski definition) is 1. The molecule has 2 aliphatic carbocycles. The van der Waals surface area contributed by atoms with Gasteiger partial charge in [0.15, 0.2) is 0 Å². The van der Waals surface area contributed by atoms with Crippen molar-refractivity contribution in [3.63, 3.8) is 0 Å². The second kappa shape index (κ2) is 3.27. The summed E-state index contributed by atoms with van der Waals surface area (Å²) in [7, 11) is 0. The zero-order valence-corrected chi connectivity index (χ0v) is 8.47. The average Bonchev–Trinajstić information content (AvgIpc) is 2.65. The molecule has 1 aliphatic heterocycles. The second-order valence-corrected chi connectivity index (χ2v) is 5.31. The zero-order chi connectivity index (χ0) is 8.67. The molecular formula is C12H21N. The van der Waals surface area contributed by atoms with Gasteiger partial charge in [-0.1, -0.05) is 12.8 Å². The standard InChI is InChI=1S/C12H21N/c1-3-9-6-7-10-4-2-8-13-12(10)11(9)5-1/h9-13H,1-8H2. The van der Waals surface area contributed by atoms with Crippen LogP contribution in [0.1, 0.15) is 44.9 Å². The van der Waals surface area contributed by atoms with Crippen LogP contribution in [-0.2, 0) is 0 Å². The van der Waals surface area contributed by atoms with Crippen molar-refractivity contribution in [2.24, 2.45) is 17.8 Å². The van der Waals surface area contributed by atoms with Gasteiger partial charge in [0.1, 0.15) is 0 Å². The normalized spacial score (nSPS) is 49.8. The summed E-state index contributed by atoms with van der Waals surface area (Å²) in [5, 5.41) is 3.79. The molecule has 0 spiro atoms. The highest BCUT2D eigenvalue weighted by Gasteiger charge is 2.42. The van der Waals surface area contributed by atoms with E-state index in [0.717, 1.165) is 23.8 Å². The topological polar surface area (TPSA) is 12.0 Å². The predicted octanol–water partition coefficient (Wildman–Crippen LogP) is 2.56. The fraction of sp³-hybridized carbons (Fsp3) is 1.00. The number of rotatable bonds is 0. The minimum Gasteiger partial charge on any atom is -0.313 e. The fourth-order valence-corrected chi connectivity index (χ4v) is 4.13. The second-order valence-electron chi connectivity index (χ2n) is 5.31. The lowest BCUT2D eigenvalue weighted by Crippen LogP contribution is -2.49. The van der Waals surface area contributed by atoms with Crippen LogP contribution >= 0.6 is 0 Å². The molecule has 1 saturated heterocycles. The summed E-state index contributed by atoms with van der Waals surface area (Å²) in [6.45, 7) is 1.30. The van der Waals surface area contributed by atoms with Crippen LogP contribution in [0.25, 0.3) is 0 Å². The molecule has 0 aromatic carbocycles. The Morgan fingerprint density at radius 3 is 2.62 bits per heavy atom. The third-order valence-corrected chi connectivity index (χ3v) is 4.73. The molecule has 4 atom stereocenters. The van der Waals surface area contributed by atoms with Crippen molar-refractivity contribution >= 4 is 0 Å². The molecule has 0 aromatic rings. The van der Waals surface area contributed by atoms with E-state index in [4.69, 9.17) is 0 Å². The van der Waals surface area contributed by atoms with E-state index in [1.165, 1.54) is 45.1 Å². The third-order valence-electron chi connectivity index (χ3n) is 4.73. The van der Waals surface area contributed by atoms with Crippen molar-refractivity contribution in [1.29, 1.82) is 0 Å². The first-order valence-corrected chi connectivity index (χ1v) is 6.18. The van der Waals surface area contributed by atoms with Crippen LogP contribution in [0.3, 0.4) is 0 Å². The first-order valence-electron chi connectivity index (χ1n) is 6.18. The summed E-state index contributed by atoms with van der Waals surface area (Å²) < 4.78 is 0. The van der Waals surface area contributed by atoms with Crippen LogP contribution in [-0.4, -0.2) is 12.6 Å². The van der Waals surface area contributed by atoms with Gasteiger partial charge in [-0.3, -0.25) is 0 Å². The summed E-state index contributed by atoms with van der Waals surface area (Å²) in [5.41, 5.74) is 0. The van der Waals surface area contributed by atoms with Gasteiger partial charge in [-0.15, -0.1) is 0 Å².